The Labute approximate surface area is 198 Å². The fourth-order valence-electron chi connectivity index (χ4n) is 4.28. The SMILES string of the molecule is Cc1cnc(Nc2ccc(C(C)NC(=O)O)cc2)nc1CCc1ccccc1C1(C(N)=O)CC1. The van der Waals surface area contributed by atoms with Gasteiger partial charge in [-0.05, 0) is 73.9 Å². The van der Waals surface area contributed by atoms with Crippen LogP contribution in [0.25, 0.3) is 0 Å². The molecule has 0 saturated heterocycles. The summed E-state index contributed by atoms with van der Waals surface area (Å²) in [5.41, 5.74) is 11.0. The van der Waals surface area contributed by atoms with E-state index in [0.717, 1.165) is 52.9 Å². The number of hydrogen-bond donors (Lipinski definition) is 4. The summed E-state index contributed by atoms with van der Waals surface area (Å²) in [6.07, 6.45) is 3.83. The number of carbonyl (C=O) groups excluding carboxylic acids is 1. The molecule has 5 N–H and O–H groups in total. The minimum absolute atomic E-state index is 0.246. The second-order valence-electron chi connectivity index (χ2n) is 8.85. The Hall–Kier alpha value is -3.94. The first-order valence-electron chi connectivity index (χ1n) is 11.4. The average Bonchev–Trinajstić information content (AvgIpc) is 3.62. The van der Waals surface area contributed by atoms with Crippen molar-refractivity contribution in [3.05, 3.63) is 82.7 Å². The summed E-state index contributed by atoms with van der Waals surface area (Å²) in [6, 6.07) is 15.2. The number of rotatable bonds is 9. The zero-order valence-electron chi connectivity index (χ0n) is 19.3. The summed E-state index contributed by atoms with van der Waals surface area (Å²) < 4.78 is 0. The van der Waals surface area contributed by atoms with Crippen LogP contribution in [0.3, 0.4) is 0 Å². The standard InChI is InChI=1S/C26H29N5O3/c1-16-15-28-24(30-20-10-7-18(8-11-20)17(2)29-25(33)34)31-22(16)12-9-19-5-3-4-6-21(19)26(13-14-26)23(27)32/h3-8,10-11,15,17,29H,9,12-14H2,1-2H3,(H2,27,32)(H,33,34)(H,28,30,31). The largest absolute Gasteiger partial charge is 0.465 e. The highest BCUT2D eigenvalue weighted by Crippen LogP contribution is 2.49. The van der Waals surface area contributed by atoms with Crippen LogP contribution in [-0.4, -0.2) is 27.1 Å². The molecule has 1 saturated carbocycles. The topological polar surface area (TPSA) is 130 Å². The van der Waals surface area contributed by atoms with Crippen molar-refractivity contribution in [1.29, 1.82) is 0 Å². The Morgan fingerprint density at radius 1 is 1.12 bits per heavy atom. The zero-order chi connectivity index (χ0) is 24.3. The van der Waals surface area contributed by atoms with Crippen molar-refractivity contribution in [3.63, 3.8) is 0 Å². The molecule has 1 aliphatic rings. The summed E-state index contributed by atoms with van der Waals surface area (Å²) in [4.78, 5) is 32.0. The highest BCUT2D eigenvalue weighted by Gasteiger charge is 2.50. The minimum Gasteiger partial charge on any atom is -0.465 e. The highest BCUT2D eigenvalue weighted by atomic mass is 16.4. The minimum atomic E-state index is -1.06. The van der Waals surface area contributed by atoms with Crippen LogP contribution in [0.4, 0.5) is 16.4 Å². The monoisotopic (exact) mass is 459 g/mol. The van der Waals surface area contributed by atoms with Crippen LogP contribution in [0.5, 0.6) is 0 Å². The number of nitrogens with one attached hydrogen (secondary N) is 2. The van der Waals surface area contributed by atoms with Gasteiger partial charge in [0.15, 0.2) is 0 Å². The van der Waals surface area contributed by atoms with Crippen LogP contribution in [0.1, 0.15) is 53.8 Å². The van der Waals surface area contributed by atoms with Gasteiger partial charge in [0.1, 0.15) is 0 Å². The van der Waals surface area contributed by atoms with Gasteiger partial charge in [-0.15, -0.1) is 0 Å². The predicted molar refractivity (Wildman–Crippen MR) is 130 cm³/mol. The first-order valence-corrected chi connectivity index (χ1v) is 11.4. The highest BCUT2D eigenvalue weighted by molar-refractivity contribution is 5.90. The van der Waals surface area contributed by atoms with Crippen LogP contribution in [0, 0.1) is 6.92 Å². The van der Waals surface area contributed by atoms with Gasteiger partial charge < -0.3 is 21.5 Å². The molecule has 8 heteroatoms. The summed E-state index contributed by atoms with van der Waals surface area (Å²) in [6.45, 7) is 3.78. The molecule has 2 aromatic carbocycles. The van der Waals surface area contributed by atoms with Gasteiger partial charge in [-0.3, -0.25) is 4.79 Å². The van der Waals surface area contributed by atoms with E-state index in [2.05, 4.69) is 21.7 Å². The Morgan fingerprint density at radius 3 is 2.47 bits per heavy atom. The third kappa shape index (κ3) is 5.01. The number of nitrogens with two attached hydrogens (primary N) is 1. The van der Waals surface area contributed by atoms with Gasteiger partial charge in [0.05, 0.1) is 11.5 Å². The quantitative estimate of drug-likeness (QED) is 0.380. The second-order valence-corrected chi connectivity index (χ2v) is 8.85. The van der Waals surface area contributed by atoms with E-state index in [1.165, 1.54) is 0 Å². The number of carboxylic acid groups (broad SMARTS) is 1. The first-order chi connectivity index (χ1) is 16.3. The van der Waals surface area contributed by atoms with Crippen LogP contribution < -0.4 is 16.4 Å². The molecule has 176 valence electrons. The Kier molecular flexibility index (Phi) is 6.49. The summed E-state index contributed by atoms with van der Waals surface area (Å²) in [5.74, 6) is 0.248. The molecule has 0 radical (unpaired) electrons. The maximum atomic E-state index is 12.1. The van der Waals surface area contributed by atoms with Gasteiger partial charge in [0.25, 0.3) is 0 Å². The van der Waals surface area contributed by atoms with Gasteiger partial charge in [-0.1, -0.05) is 36.4 Å². The lowest BCUT2D eigenvalue weighted by Crippen LogP contribution is -2.29. The van der Waals surface area contributed by atoms with Crippen molar-refractivity contribution in [1.82, 2.24) is 15.3 Å². The van der Waals surface area contributed by atoms with Gasteiger partial charge in [-0.25, -0.2) is 14.8 Å². The number of primary amides is 1. The van der Waals surface area contributed by atoms with E-state index in [4.69, 9.17) is 15.8 Å². The number of benzene rings is 2. The van der Waals surface area contributed by atoms with Crippen LogP contribution >= 0.6 is 0 Å². The molecule has 1 atom stereocenters. The molecule has 8 nitrogen and oxygen atoms in total. The van der Waals surface area contributed by atoms with E-state index in [-0.39, 0.29) is 11.9 Å². The molecule has 0 bridgehead atoms. The first kappa shape index (κ1) is 23.2. The number of anilines is 2. The normalized spacial score (nSPS) is 14.8. The van der Waals surface area contributed by atoms with Crippen molar-refractivity contribution < 1.29 is 14.7 Å². The Bertz CT molecular complexity index is 1210. The van der Waals surface area contributed by atoms with E-state index < -0.39 is 11.5 Å². The number of nitrogens with zero attached hydrogens (tertiary/aromatic N) is 2. The number of amides is 2. The number of aromatic nitrogens is 2. The molecule has 0 spiro atoms. The van der Waals surface area contributed by atoms with E-state index in [1.807, 2.05) is 49.4 Å². The van der Waals surface area contributed by atoms with Crippen LogP contribution in [-0.2, 0) is 23.1 Å². The van der Waals surface area contributed by atoms with E-state index in [0.29, 0.717) is 12.4 Å². The molecule has 1 aliphatic carbocycles. The van der Waals surface area contributed by atoms with E-state index in [9.17, 15) is 9.59 Å². The lowest BCUT2D eigenvalue weighted by molar-refractivity contribution is -0.120. The lowest BCUT2D eigenvalue weighted by Gasteiger charge is -2.17. The average molecular weight is 460 g/mol. The predicted octanol–water partition coefficient (Wildman–Crippen LogP) is 4.16. The summed E-state index contributed by atoms with van der Waals surface area (Å²) in [7, 11) is 0. The van der Waals surface area contributed by atoms with Gasteiger partial charge in [0, 0.05) is 17.6 Å². The summed E-state index contributed by atoms with van der Waals surface area (Å²) >= 11 is 0. The maximum absolute atomic E-state index is 12.1. The van der Waals surface area contributed by atoms with Crippen molar-refractivity contribution in [2.24, 2.45) is 5.73 Å². The fourth-order valence-corrected chi connectivity index (χ4v) is 4.28. The maximum Gasteiger partial charge on any atom is 0.405 e. The lowest BCUT2D eigenvalue weighted by atomic mass is 9.88. The number of carbonyl (C=O) groups is 2. The van der Waals surface area contributed by atoms with Crippen molar-refractivity contribution in [2.45, 2.75) is 51.0 Å². The molecule has 34 heavy (non-hydrogen) atoms. The van der Waals surface area contributed by atoms with Crippen molar-refractivity contribution >= 4 is 23.6 Å². The van der Waals surface area contributed by atoms with Crippen LogP contribution in [0.2, 0.25) is 0 Å². The molecule has 3 aromatic rings. The molecule has 0 aliphatic heterocycles. The number of aryl methyl sites for hydroxylation is 3. The molecular weight excluding hydrogens is 430 g/mol. The molecule has 1 heterocycles. The molecular formula is C26H29N5O3. The molecule has 1 aromatic heterocycles. The smallest absolute Gasteiger partial charge is 0.405 e. The van der Waals surface area contributed by atoms with Crippen molar-refractivity contribution in [2.75, 3.05) is 5.32 Å². The fraction of sp³-hybridized carbons (Fsp3) is 0.308. The third-order valence-corrected chi connectivity index (χ3v) is 6.47. The molecule has 1 unspecified atom stereocenters. The van der Waals surface area contributed by atoms with Gasteiger partial charge in [-0.2, -0.15) is 0 Å². The Balaban J connectivity index is 1.46. The van der Waals surface area contributed by atoms with Gasteiger partial charge in [0.2, 0.25) is 11.9 Å². The van der Waals surface area contributed by atoms with Crippen molar-refractivity contribution in [3.8, 4) is 0 Å². The van der Waals surface area contributed by atoms with E-state index >= 15 is 0 Å². The molecule has 1 fully saturated rings. The van der Waals surface area contributed by atoms with Gasteiger partial charge >= 0.3 is 6.09 Å². The zero-order valence-corrected chi connectivity index (χ0v) is 19.3. The van der Waals surface area contributed by atoms with Crippen LogP contribution in [0.15, 0.2) is 54.7 Å². The van der Waals surface area contributed by atoms with E-state index in [1.54, 1.807) is 13.1 Å². The summed E-state index contributed by atoms with van der Waals surface area (Å²) in [5, 5.41) is 14.5. The third-order valence-electron chi connectivity index (χ3n) is 6.47. The number of hydrogen-bond acceptors (Lipinski definition) is 5. The second kappa shape index (κ2) is 9.51. The molecule has 4 rings (SSSR count). The molecule has 2 amide bonds. The Morgan fingerprint density at radius 2 is 1.82 bits per heavy atom.